The molecule has 1 aromatic heterocycles. The van der Waals surface area contributed by atoms with Crippen molar-refractivity contribution in [2.24, 2.45) is 7.05 Å². The maximum atomic E-state index is 13.8. The molecule has 16 heteroatoms. The van der Waals surface area contributed by atoms with Crippen LogP contribution in [0.3, 0.4) is 0 Å². The zero-order chi connectivity index (χ0) is 32.3. The van der Waals surface area contributed by atoms with Gasteiger partial charge in [-0.3, -0.25) is 4.90 Å². The molecule has 0 N–H and O–H groups in total. The van der Waals surface area contributed by atoms with Crippen LogP contribution in [0, 0.1) is 0 Å². The lowest BCUT2D eigenvalue weighted by molar-refractivity contribution is -0.143. The van der Waals surface area contributed by atoms with E-state index in [1.807, 2.05) is 37.9 Å². The Balaban J connectivity index is 2.14. The number of anilines is 1. The second kappa shape index (κ2) is 13.1. The number of aryl methyl sites for hydroxylation is 1. The molecule has 0 aliphatic heterocycles. The first-order valence-corrected chi connectivity index (χ1v) is 13.1. The number of tetrazole rings is 1. The van der Waals surface area contributed by atoms with Crippen LogP contribution in [0.15, 0.2) is 36.4 Å². The molecular weight excluding hydrogens is 593 g/mol. The molecule has 0 aliphatic rings. The fourth-order valence-electron chi connectivity index (χ4n) is 4.66. The van der Waals surface area contributed by atoms with Gasteiger partial charge in [0.1, 0.15) is 0 Å². The Morgan fingerprint density at radius 3 is 1.81 bits per heavy atom. The highest BCUT2D eigenvalue weighted by Crippen LogP contribution is 2.38. The Morgan fingerprint density at radius 1 is 0.767 bits per heavy atom. The molecule has 0 amide bonds. The Kier molecular flexibility index (Phi) is 10.4. The van der Waals surface area contributed by atoms with Crippen LogP contribution in [0.2, 0.25) is 0 Å². The van der Waals surface area contributed by atoms with Gasteiger partial charge in [-0.05, 0) is 79.8 Å². The molecule has 0 saturated heterocycles. The molecule has 0 spiro atoms. The van der Waals surface area contributed by atoms with Gasteiger partial charge in [-0.25, -0.2) is 0 Å². The lowest BCUT2D eigenvalue weighted by atomic mass is 9.94. The van der Waals surface area contributed by atoms with E-state index in [2.05, 4.69) is 15.4 Å². The minimum atomic E-state index is -5.08. The van der Waals surface area contributed by atoms with Gasteiger partial charge in [-0.15, -0.1) is 5.10 Å². The summed E-state index contributed by atoms with van der Waals surface area (Å²) in [6.45, 7) is 2.16. The number of benzene rings is 2. The fraction of sp³-hybridized carbons (Fsp3) is 0.519. The summed E-state index contributed by atoms with van der Waals surface area (Å²) in [5.74, 6) is -0.189. The van der Waals surface area contributed by atoms with Gasteiger partial charge in [-0.1, -0.05) is 18.1 Å². The van der Waals surface area contributed by atoms with E-state index in [4.69, 9.17) is 0 Å². The lowest BCUT2D eigenvalue weighted by Gasteiger charge is -2.32. The number of likely N-dealkylation sites (N-methyl/N-ethyl adjacent to an activating group) is 2. The van der Waals surface area contributed by atoms with Crippen LogP contribution in [-0.2, 0) is 38.7 Å². The molecule has 43 heavy (non-hydrogen) atoms. The van der Waals surface area contributed by atoms with Gasteiger partial charge in [0.05, 0.1) is 23.7 Å². The molecule has 1 heterocycles. The van der Waals surface area contributed by atoms with Crippen molar-refractivity contribution in [1.82, 2.24) is 30.0 Å². The predicted molar refractivity (Wildman–Crippen MR) is 141 cm³/mol. The zero-order valence-corrected chi connectivity index (χ0v) is 24.1. The quantitative estimate of drug-likeness (QED) is 0.230. The van der Waals surface area contributed by atoms with Crippen LogP contribution in [0.25, 0.3) is 0 Å². The summed E-state index contributed by atoms with van der Waals surface area (Å²) in [5.41, 5.74) is -3.70. The number of aromatic nitrogens is 4. The van der Waals surface area contributed by atoms with Gasteiger partial charge in [-0.2, -0.15) is 44.3 Å². The normalized spacial score (nSPS) is 13.7. The van der Waals surface area contributed by atoms with Crippen LogP contribution >= 0.6 is 0 Å². The maximum Gasteiger partial charge on any atom is 0.416 e. The first-order valence-electron chi connectivity index (χ1n) is 13.1. The fourth-order valence-corrected chi connectivity index (χ4v) is 4.66. The first kappa shape index (κ1) is 34.1. The van der Waals surface area contributed by atoms with Crippen molar-refractivity contribution >= 4 is 5.95 Å². The number of rotatable bonds is 11. The van der Waals surface area contributed by atoms with Crippen LogP contribution in [0.5, 0.6) is 0 Å². The summed E-state index contributed by atoms with van der Waals surface area (Å²) >= 11 is 0. The van der Waals surface area contributed by atoms with E-state index in [9.17, 15) is 39.5 Å². The largest absolute Gasteiger partial charge is 0.416 e. The van der Waals surface area contributed by atoms with Gasteiger partial charge < -0.3 is 9.80 Å². The standard InChI is InChI=1S/C27H32F9N7/c1-6-23(41(4)10-9-40(2)3)22-8-7-19(25(28,29)30)13-18(22)16-43(24-37-39-42(5)38-24)15-17-11-20(26(31,32)33)14-21(12-17)27(34,35)36/h7-8,11-14,23H,6,9-10,15-16H2,1-5H3. The molecule has 3 aromatic rings. The summed E-state index contributed by atoms with van der Waals surface area (Å²) in [4.78, 5) is 6.14. The molecule has 2 aromatic carbocycles. The average molecular weight is 626 g/mol. The Hall–Kier alpha value is -3.40. The summed E-state index contributed by atoms with van der Waals surface area (Å²) in [7, 11) is 6.97. The lowest BCUT2D eigenvalue weighted by Crippen LogP contribution is -2.33. The van der Waals surface area contributed by atoms with Crippen molar-refractivity contribution in [3.63, 3.8) is 0 Å². The molecule has 0 radical (unpaired) electrons. The second-order valence-corrected chi connectivity index (χ2v) is 10.5. The second-order valence-electron chi connectivity index (χ2n) is 10.5. The minimum absolute atomic E-state index is 0.00866. The molecule has 7 nitrogen and oxygen atoms in total. The molecule has 1 unspecified atom stereocenters. The van der Waals surface area contributed by atoms with E-state index in [-0.39, 0.29) is 30.2 Å². The predicted octanol–water partition coefficient (Wildman–Crippen LogP) is 6.42. The Morgan fingerprint density at radius 2 is 1.35 bits per heavy atom. The van der Waals surface area contributed by atoms with Gasteiger partial charge in [0.2, 0.25) is 0 Å². The zero-order valence-electron chi connectivity index (χ0n) is 24.1. The van der Waals surface area contributed by atoms with Crippen molar-refractivity contribution in [2.75, 3.05) is 39.1 Å². The smallest absolute Gasteiger partial charge is 0.330 e. The highest BCUT2D eigenvalue weighted by Gasteiger charge is 2.37. The minimum Gasteiger partial charge on any atom is -0.330 e. The third-order valence-electron chi connectivity index (χ3n) is 6.81. The highest BCUT2D eigenvalue weighted by molar-refractivity contribution is 5.42. The number of halogens is 9. The third kappa shape index (κ3) is 9.05. The molecule has 0 bridgehead atoms. The molecule has 0 aliphatic carbocycles. The van der Waals surface area contributed by atoms with Crippen LogP contribution in [-0.4, -0.2) is 64.2 Å². The maximum absolute atomic E-state index is 13.8. The summed E-state index contributed by atoms with van der Waals surface area (Å²) in [6.07, 6.45) is -14.4. The van der Waals surface area contributed by atoms with E-state index >= 15 is 0 Å². The van der Waals surface area contributed by atoms with E-state index in [0.717, 1.165) is 16.9 Å². The van der Waals surface area contributed by atoms with Crippen LogP contribution < -0.4 is 4.90 Å². The number of alkyl halides is 9. The van der Waals surface area contributed by atoms with E-state index in [1.54, 1.807) is 0 Å². The molecular formula is C27H32F9N7. The highest BCUT2D eigenvalue weighted by atomic mass is 19.4. The van der Waals surface area contributed by atoms with Crippen molar-refractivity contribution in [3.05, 3.63) is 69.8 Å². The first-order chi connectivity index (χ1) is 19.8. The van der Waals surface area contributed by atoms with Gasteiger partial charge in [0.25, 0.3) is 5.95 Å². The van der Waals surface area contributed by atoms with E-state index in [1.165, 1.54) is 18.0 Å². The summed E-state index contributed by atoms with van der Waals surface area (Å²) < 4.78 is 123. The Bertz CT molecular complexity index is 1330. The van der Waals surface area contributed by atoms with Crippen molar-refractivity contribution in [2.45, 2.75) is 51.0 Å². The van der Waals surface area contributed by atoms with Crippen LogP contribution in [0.1, 0.15) is 52.8 Å². The van der Waals surface area contributed by atoms with E-state index < -0.39 is 47.3 Å². The van der Waals surface area contributed by atoms with E-state index in [0.29, 0.717) is 37.2 Å². The number of hydrogen-bond acceptors (Lipinski definition) is 6. The van der Waals surface area contributed by atoms with Gasteiger partial charge in [0, 0.05) is 32.2 Å². The molecule has 238 valence electrons. The molecule has 0 fully saturated rings. The average Bonchev–Trinajstić information content (AvgIpc) is 3.32. The topological polar surface area (TPSA) is 53.3 Å². The molecule has 3 rings (SSSR count). The van der Waals surface area contributed by atoms with Crippen molar-refractivity contribution < 1.29 is 39.5 Å². The SMILES string of the molecule is CCC(c1ccc(C(F)(F)F)cc1CN(Cc1cc(C(F)(F)F)cc(C(F)(F)F)c1)c1nnn(C)n1)N(C)CCN(C)C. The number of hydrogen-bond donors (Lipinski definition) is 0. The summed E-state index contributed by atoms with van der Waals surface area (Å²) in [6, 6.07) is 4.04. The molecule has 0 saturated carbocycles. The van der Waals surface area contributed by atoms with Crippen molar-refractivity contribution in [1.29, 1.82) is 0 Å². The van der Waals surface area contributed by atoms with Crippen molar-refractivity contribution in [3.8, 4) is 0 Å². The van der Waals surface area contributed by atoms with Crippen LogP contribution in [0.4, 0.5) is 45.5 Å². The third-order valence-corrected chi connectivity index (χ3v) is 6.81. The van der Waals surface area contributed by atoms with Gasteiger partial charge in [0.15, 0.2) is 0 Å². The molecule has 1 atom stereocenters. The monoisotopic (exact) mass is 625 g/mol. The Labute approximate surface area is 242 Å². The summed E-state index contributed by atoms with van der Waals surface area (Å²) in [5, 5.41) is 11.6. The van der Waals surface area contributed by atoms with Gasteiger partial charge >= 0.3 is 18.5 Å². The number of nitrogens with zero attached hydrogens (tertiary/aromatic N) is 7.